The number of pyridine rings is 1. The number of esters is 1. The van der Waals surface area contributed by atoms with Crippen molar-refractivity contribution in [1.82, 2.24) is 4.98 Å². The Bertz CT molecular complexity index is 973. The Morgan fingerprint density at radius 2 is 1.84 bits per heavy atom. The molecule has 2 aromatic rings. The molecule has 0 unspecified atom stereocenters. The number of fused-ring (bicyclic) bond motifs is 1. The topological polar surface area (TPSA) is 82.6 Å². The number of hydrogen-bond donors (Lipinski definition) is 0. The molecule has 11 heteroatoms. The number of aromatic nitrogens is 1. The number of nitrogens with zero attached hydrogens (tertiary/aromatic N) is 1. The fourth-order valence-electron chi connectivity index (χ4n) is 2.14. The standard InChI is InChI=1S/C14H11BrF3NO5S/c1-6-4-8-11(7(2)12(6)15)10(5-9(19-8)13(20)23-3)24-25(21,22)14(16,17)18/h4-5H,1-3H3. The summed E-state index contributed by atoms with van der Waals surface area (Å²) in [5.74, 6) is -1.62. The van der Waals surface area contributed by atoms with Crippen LogP contribution in [0.4, 0.5) is 13.2 Å². The van der Waals surface area contributed by atoms with Gasteiger partial charge in [-0.15, -0.1) is 0 Å². The molecule has 0 N–H and O–H groups in total. The van der Waals surface area contributed by atoms with E-state index in [1.165, 1.54) is 6.07 Å². The van der Waals surface area contributed by atoms with Gasteiger partial charge >= 0.3 is 21.6 Å². The second kappa shape index (κ2) is 6.45. The Kier molecular flexibility index (Phi) is 5.01. The third kappa shape index (κ3) is 3.56. The third-order valence-corrected chi connectivity index (χ3v) is 5.48. The number of carbonyl (C=O) groups excluding carboxylic acids is 1. The molecule has 0 aliphatic carbocycles. The molecule has 6 nitrogen and oxygen atoms in total. The van der Waals surface area contributed by atoms with Crippen molar-refractivity contribution in [1.29, 1.82) is 0 Å². The molecule has 0 aliphatic heterocycles. The van der Waals surface area contributed by atoms with Crippen LogP contribution in [0.15, 0.2) is 16.6 Å². The van der Waals surface area contributed by atoms with E-state index < -0.39 is 27.3 Å². The molecule has 25 heavy (non-hydrogen) atoms. The van der Waals surface area contributed by atoms with Crippen LogP contribution in [-0.2, 0) is 14.9 Å². The smallest absolute Gasteiger partial charge is 0.464 e. The van der Waals surface area contributed by atoms with Crippen molar-refractivity contribution in [2.75, 3.05) is 7.11 Å². The zero-order chi connectivity index (χ0) is 19.2. The number of halogens is 4. The van der Waals surface area contributed by atoms with Crippen molar-refractivity contribution >= 4 is 42.9 Å². The Morgan fingerprint density at radius 3 is 2.36 bits per heavy atom. The molecule has 0 saturated carbocycles. The minimum absolute atomic E-state index is 0.0259. The number of carbonyl (C=O) groups is 1. The van der Waals surface area contributed by atoms with Crippen LogP contribution >= 0.6 is 15.9 Å². The number of rotatable bonds is 3. The molecule has 0 radical (unpaired) electrons. The van der Waals surface area contributed by atoms with Gasteiger partial charge in [0.1, 0.15) is 0 Å². The van der Waals surface area contributed by atoms with Gasteiger partial charge in [-0.3, -0.25) is 0 Å². The van der Waals surface area contributed by atoms with Gasteiger partial charge in [-0.2, -0.15) is 21.6 Å². The molecular formula is C14H11BrF3NO5S. The highest BCUT2D eigenvalue weighted by atomic mass is 79.9. The van der Waals surface area contributed by atoms with Crippen molar-refractivity contribution in [3.8, 4) is 5.75 Å². The lowest BCUT2D eigenvalue weighted by Crippen LogP contribution is -2.28. The molecule has 0 fully saturated rings. The van der Waals surface area contributed by atoms with Gasteiger partial charge in [0, 0.05) is 15.9 Å². The molecule has 0 atom stereocenters. The first kappa shape index (κ1) is 19.4. The van der Waals surface area contributed by atoms with Gasteiger partial charge in [-0.05, 0) is 31.0 Å². The molecule has 1 aromatic heterocycles. The van der Waals surface area contributed by atoms with Crippen LogP contribution in [0.25, 0.3) is 10.9 Å². The second-order valence-corrected chi connectivity index (χ2v) is 7.34. The first-order valence-electron chi connectivity index (χ1n) is 6.58. The minimum Gasteiger partial charge on any atom is -0.464 e. The van der Waals surface area contributed by atoms with E-state index in [2.05, 4.69) is 29.8 Å². The Morgan fingerprint density at radius 1 is 1.24 bits per heavy atom. The van der Waals surface area contributed by atoms with Crippen molar-refractivity contribution in [3.05, 3.63) is 33.4 Å². The zero-order valence-corrected chi connectivity index (χ0v) is 15.5. The van der Waals surface area contributed by atoms with Gasteiger partial charge in [0.05, 0.1) is 12.6 Å². The second-order valence-electron chi connectivity index (χ2n) is 5.01. The van der Waals surface area contributed by atoms with Crippen LogP contribution in [0.3, 0.4) is 0 Å². The van der Waals surface area contributed by atoms with Crippen LogP contribution < -0.4 is 4.18 Å². The summed E-state index contributed by atoms with van der Waals surface area (Å²) in [4.78, 5) is 15.7. The van der Waals surface area contributed by atoms with Crippen LogP contribution in [0.2, 0.25) is 0 Å². The maximum atomic E-state index is 12.7. The largest absolute Gasteiger partial charge is 0.534 e. The summed E-state index contributed by atoms with van der Waals surface area (Å²) in [6.45, 7) is 3.25. The summed E-state index contributed by atoms with van der Waals surface area (Å²) < 4.78 is 70.0. The van der Waals surface area contributed by atoms with Crippen LogP contribution in [-0.4, -0.2) is 32.0 Å². The molecule has 0 aliphatic rings. The number of benzene rings is 1. The van der Waals surface area contributed by atoms with E-state index in [0.717, 1.165) is 13.2 Å². The quantitative estimate of drug-likeness (QED) is 0.410. The van der Waals surface area contributed by atoms with Gasteiger partial charge in [-0.1, -0.05) is 15.9 Å². The van der Waals surface area contributed by atoms with E-state index in [1.807, 2.05) is 0 Å². The SMILES string of the molecule is COC(=O)c1cc(OS(=O)(=O)C(F)(F)F)c2c(C)c(Br)c(C)cc2n1. The van der Waals surface area contributed by atoms with Gasteiger partial charge in [0.2, 0.25) is 0 Å². The molecular weight excluding hydrogens is 431 g/mol. The first-order chi connectivity index (χ1) is 11.4. The summed E-state index contributed by atoms with van der Waals surface area (Å²) in [5.41, 5.74) is -4.82. The molecule has 136 valence electrons. The Labute approximate surface area is 149 Å². The number of ether oxygens (including phenoxy) is 1. The molecule has 0 amide bonds. The maximum absolute atomic E-state index is 12.7. The Balaban J connectivity index is 2.84. The van der Waals surface area contributed by atoms with E-state index in [0.29, 0.717) is 15.6 Å². The number of hydrogen-bond acceptors (Lipinski definition) is 6. The number of aryl methyl sites for hydroxylation is 2. The highest BCUT2D eigenvalue weighted by molar-refractivity contribution is 9.10. The lowest BCUT2D eigenvalue weighted by molar-refractivity contribution is -0.0499. The minimum atomic E-state index is -5.93. The van der Waals surface area contributed by atoms with Crippen molar-refractivity contribution in [2.24, 2.45) is 0 Å². The van der Waals surface area contributed by atoms with E-state index in [-0.39, 0.29) is 16.6 Å². The summed E-state index contributed by atoms with van der Waals surface area (Å²) in [6, 6.07) is 2.28. The van der Waals surface area contributed by atoms with E-state index >= 15 is 0 Å². The van der Waals surface area contributed by atoms with Gasteiger partial charge < -0.3 is 8.92 Å². The van der Waals surface area contributed by atoms with Crippen LogP contribution in [0.5, 0.6) is 5.75 Å². The molecule has 0 bridgehead atoms. The fraction of sp³-hybridized carbons (Fsp3) is 0.286. The van der Waals surface area contributed by atoms with Crippen molar-refractivity contribution < 1.29 is 35.3 Å². The molecule has 1 aromatic carbocycles. The highest BCUT2D eigenvalue weighted by Gasteiger charge is 2.49. The molecule has 0 saturated heterocycles. The van der Waals surface area contributed by atoms with Gasteiger partial charge in [0.15, 0.2) is 11.4 Å². The lowest BCUT2D eigenvalue weighted by atomic mass is 10.0. The van der Waals surface area contributed by atoms with Crippen LogP contribution in [0, 0.1) is 13.8 Å². The summed E-state index contributed by atoms with van der Waals surface area (Å²) >= 11 is 3.27. The van der Waals surface area contributed by atoms with Crippen molar-refractivity contribution in [3.63, 3.8) is 0 Å². The summed E-state index contributed by atoms with van der Waals surface area (Å²) in [5, 5.41) is 0.0259. The average Bonchev–Trinajstić information content (AvgIpc) is 2.49. The maximum Gasteiger partial charge on any atom is 0.534 e. The van der Waals surface area contributed by atoms with Crippen molar-refractivity contribution in [2.45, 2.75) is 19.4 Å². The van der Waals surface area contributed by atoms with E-state index in [4.69, 9.17) is 0 Å². The summed E-state index contributed by atoms with van der Waals surface area (Å²) in [7, 11) is -4.87. The van der Waals surface area contributed by atoms with E-state index in [9.17, 15) is 26.4 Å². The lowest BCUT2D eigenvalue weighted by Gasteiger charge is -2.15. The monoisotopic (exact) mass is 441 g/mol. The third-order valence-electron chi connectivity index (χ3n) is 3.29. The number of alkyl halides is 3. The zero-order valence-electron chi connectivity index (χ0n) is 13.1. The Hall–Kier alpha value is -1.88. The molecule has 1 heterocycles. The predicted molar refractivity (Wildman–Crippen MR) is 85.9 cm³/mol. The fourth-order valence-corrected chi connectivity index (χ4v) is 2.91. The number of methoxy groups -OCH3 is 1. The highest BCUT2D eigenvalue weighted by Crippen LogP contribution is 2.37. The summed E-state index contributed by atoms with van der Waals surface area (Å²) in [6.07, 6.45) is 0. The van der Waals surface area contributed by atoms with E-state index in [1.54, 1.807) is 13.8 Å². The molecule has 2 rings (SSSR count). The predicted octanol–water partition coefficient (Wildman–Crippen LogP) is 3.63. The van der Waals surface area contributed by atoms with Gasteiger partial charge in [0.25, 0.3) is 0 Å². The normalized spacial score (nSPS) is 12.3. The van der Waals surface area contributed by atoms with Gasteiger partial charge in [-0.25, -0.2) is 9.78 Å². The average molecular weight is 442 g/mol. The first-order valence-corrected chi connectivity index (χ1v) is 8.78. The molecule has 0 spiro atoms. The van der Waals surface area contributed by atoms with Crippen LogP contribution in [0.1, 0.15) is 21.6 Å².